The second-order valence-electron chi connectivity index (χ2n) is 5.93. The zero-order chi connectivity index (χ0) is 21.1. The number of carbonyl (C=O) groups is 5. The van der Waals surface area contributed by atoms with E-state index in [9.17, 15) is 24.0 Å². The van der Waals surface area contributed by atoms with Gasteiger partial charge in [-0.15, -0.1) is 11.8 Å². The second kappa shape index (κ2) is 8.84. The minimum Gasteiger partial charge on any atom is -0.466 e. The first kappa shape index (κ1) is 21.1. The van der Waals surface area contributed by atoms with Gasteiger partial charge in [0.05, 0.1) is 18.9 Å². The number of β-lactam (4-membered cyclic amide) rings is 1. The molecule has 2 aliphatic heterocycles. The first-order chi connectivity index (χ1) is 13.9. The van der Waals surface area contributed by atoms with Crippen LogP contribution in [0.2, 0.25) is 0 Å². The quantitative estimate of drug-likeness (QED) is 0.352. The number of aldehydes is 1. The number of thioether (sulfide) groups is 2. The van der Waals surface area contributed by atoms with E-state index in [0.717, 1.165) is 18.9 Å². The van der Waals surface area contributed by atoms with E-state index in [1.165, 1.54) is 29.0 Å². The Bertz CT molecular complexity index is 909. The number of rotatable bonds is 7. The molecule has 3 rings (SSSR count). The molecule has 1 fully saturated rings. The molecule has 1 amide bonds. The van der Waals surface area contributed by atoms with E-state index < -0.39 is 41.0 Å². The number of methoxy groups -OCH3 is 1. The van der Waals surface area contributed by atoms with Crippen LogP contribution < -0.4 is 5.73 Å². The Morgan fingerprint density at radius 3 is 2.90 bits per heavy atom. The van der Waals surface area contributed by atoms with Crippen LogP contribution in [0.4, 0.5) is 0 Å². The number of hydrogen-bond acceptors (Lipinski definition) is 11. The highest BCUT2D eigenvalue weighted by Gasteiger charge is 2.52. The number of carbonyl (C=O) groups excluding carboxylic acids is 5. The summed E-state index contributed by atoms with van der Waals surface area (Å²) in [5.74, 6) is -1.74. The van der Waals surface area contributed by atoms with Crippen LogP contribution >= 0.6 is 23.5 Å². The molecule has 2 N–H and O–H groups in total. The molecule has 12 heteroatoms. The average molecular weight is 440 g/mol. The topological polar surface area (TPSA) is 146 Å². The molecule has 1 saturated heterocycles. The van der Waals surface area contributed by atoms with Gasteiger partial charge < -0.3 is 19.6 Å². The van der Waals surface area contributed by atoms with Crippen molar-refractivity contribution in [1.29, 1.82) is 0 Å². The van der Waals surface area contributed by atoms with Gasteiger partial charge in [-0.05, 0) is 11.6 Å². The maximum atomic E-state index is 12.6. The summed E-state index contributed by atoms with van der Waals surface area (Å²) < 4.78 is 14.3. The minimum atomic E-state index is -0.874. The zero-order valence-electron chi connectivity index (χ0n) is 15.1. The first-order valence-corrected chi connectivity index (χ1v) is 10.3. The van der Waals surface area contributed by atoms with E-state index >= 15 is 0 Å². The normalized spacial score (nSPS) is 20.6. The maximum Gasteiger partial charge on any atom is 0.355 e. The molecule has 154 valence electrons. The summed E-state index contributed by atoms with van der Waals surface area (Å²) in [6, 6.07) is 0.642. The van der Waals surface area contributed by atoms with Crippen molar-refractivity contribution in [2.45, 2.75) is 11.4 Å². The summed E-state index contributed by atoms with van der Waals surface area (Å²) in [7, 11) is 1.15. The third-order valence-corrected chi connectivity index (χ3v) is 6.57. The fourth-order valence-electron chi connectivity index (χ4n) is 2.74. The van der Waals surface area contributed by atoms with Gasteiger partial charge in [0.1, 0.15) is 17.1 Å². The van der Waals surface area contributed by atoms with Crippen LogP contribution in [0.15, 0.2) is 28.0 Å². The predicted octanol–water partition coefficient (Wildman–Crippen LogP) is 0.178. The Hall–Kier alpha value is -2.57. The fraction of sp³-hybridized carbons (Fsp3) is 0.353. The van der Waals surface area contributed by atoms with Gasteiger partial charge in [-0.2, -0.15) is 0 Å². The standard InChI is InChI=1S/C17H16N2O8S2/c1-25-11(21)5-27-16(23)13-8(6-28-15-12(18)14(22)19(13)15)7-29-17(24)9-2-3-26-10(9)4-20/h2-4,12,15H,5-7,18H2,1H3/t12?,15-/m0/s1. The first-order valence-electron chi connectivity index (χ1n) is 8.25. The van der Waals surface area contributed by atoms with Crippen molar-refractivity contribution in [1.82, 2.24) is 4.90 Å². The summed E-state index contributed by atoms with van der Waals surface area (Å²) in [5, 5.41) is -0.836. The van der Waals surface area contributed by atoms with Crippen LogP contribution in [0, 0.1) is 0 Å². The van der Waals surface area contributed by atoms with Crippen molar-refractivity contribution >= 4 is 52.8 Å². The molecule has 2 atom stereocenters. The molecule has 1 aromatic rings. The van der Waals surface area contributed by atoms with E-state index in [1.54, 1.807) is 0 Å². The minimum absolute atomic E-state index is 0.0209. The molecule has 1 aromatic heterocycles. The molecule has 0 radical (unpaired) electrons. The van der Waals surface area contributed by atoms with Gasteiger partial charge in [-0.3, -0.25) is 19.3 Å². The molecule has 0 aromatic carbocycles. The van der Waals surface area contributed by atoms with Crippen LogP contribution in [-0.4, -0.2) is 70.8 Å². The number of nitrogens with two attached hydrogens (primary N) is 1. The molecule has 10 nitrogen and oxygen atoms in total. The highest BCUT2D eigenvalue weighted by molar-refractivity contribution is 8.14. The number of furan rings is 1. The Morgan fingerprint density at radius 2 is 2.21 bits per heavy atom. The van der Waals surface area contributed by atoms with E-state index in [0.29, 0.717) is 17.6 Å². The van der Waals surface area contributed by atoms with E-state index in [2.05, 4.69) is 4.74 Å². The summed E-state index contributed by atoms with van der Waals surface area (Å²) >= 11 is 2.22. The van der Waals surface area contributed by atoms with Crippen LogP contribution in [0.25, 0.3) is 0 Å². The number of hydrogen-bond donors (Lipinski definition) is 1. The molecule has 0 aliphatic carbocycles. The van der Waals surface area contributed by atoms with Gasteiger partial charge in [0.25, 0.3) is 0 Å². The van der Waals surface area contributed by atoms with Gasteiger partial charge in [-0.25, -0.2) is 9.59 Å². The SMILES string of the molecule is COC(=O)COC(=O)C1=C(CSC(=O)c2ccoc2C=O)CS[C@H]2C(N)C(=O)N12. The van der Waals surface area contributed by atoms with Gasteiger partial charge >= 0.3 is 11.9 Å². The van der Waals surface area contributed by atoms with Gasteiger partial charge in [0, 0.05) is 11.5 Å². The molecule has 2 aliphatic rings. The highest BCUT2D eigenvalue weighted by Crippen LogP contribution is 2.40. The summed E-state index contributed by atoms with van der Waals surface area (Å²) in [6.45, 7) is -0.609. The lowest BCUT2D eigenvalue weighted by molar-refractivity contribution is -0.158. The van der Waals surface area contributed by atoms with Crippen LogP contribution in [0.5, 0.6) is 0 Å². The third-order valence-electron chi connectivity index (χ3n) is 4.23. The molecular weight excluding hydrogens is 424 g/mol. The summed E-state index contributed by atoms with van der Waals surface area (Å²) in [4.78, 5) is 60.5. The Balaban J connectivity index is 1.79. The third kappa shape index (κ3) is 4.09. The monoisotopic (exact) mass is 440 g/mol. The van der Waals surface area contributed by atoms with Crippen molar-refractivity contribution in [3.05, 3.63) is 34.9 Å². The number of esters is 2. The Labute approximate surface area is 173 Å². The van der Waals surface area contributed by atoms with Crippen molar-refractivity contribution < 1.29 is 37.9 Å². The molecule has 0 spiro atoms. The van der Waals surface area contributed by atoms with Crippen LogP contribution in [0.3, 0.4) is 0 Å². The van der Waals surface area contributed by atoms with Crippen molar-refractivity contribution in [3.8, 4) is 0 Å². The fourth-order valence-corrected chi connectivity index (χ4v) is 5.03. The molecule has 3 heterocycles. The zero-order valence-corrected chi connectivity index (χ0v) is 16.7. The van der Waals surface area contributed by atoms with Crippen LogP contribution in [0.1, 0.15) is 20.9 Å². The lowest BCUT2D eigenvalue weighted by Gasteiger charge is -2.48. The smallest absolute Gasteiger partial charge is 0.355 e. The lowest BCUT2D eigenvalue weighted by Crippen LogP contribution is -2.68. The van der Waals surface area contributed by atoms with Crippen molar-refractivity contribution in [3.63, 3.8) is 0 Å². The van der Waals surface area contributed by atoms with E-state index in [1.807, 2.05) is 0 Å². The summed E-state index contributed by atoms with van der Waals surface area (Å²) in [6.07, 6.45) is 1.66. The number of ether oxygens (including phenoxy) is 2. The largest absolute Gasteiger partial charge is 0.466 e. The van der Waals surface area contributed by atoms with Crippen molar-refractivity contribution in [2.24, 2.45) is 5.73 Å². The summed E-state index contributed by atoms with van der Waals surface area (Å²) in [5.41, 5.74) is 6.36. The molecule has 1 unspecified atom stereocenters. The predicted molar refractivity (Wildman–Crippen MR) is 102 cm³/mol. The average Bonchev–Trinajstić information content (AvgIpc) is 3.23. The highest BCUT2D eigenvalue weighted by atomic mass is 32.2. The van der Waals surface area contributed by atoms with Gasteiger partial charge in [-0.1, -0.05) is 11.8 Å². The van der Waals surface area contributed by atoms with E-state index in [-0.39, 0.29) is 22.8 Å². The molecule has 29 heavy (non-hydrogen) atoms. The molecule has 0 bridgehead atoms. The number of fused-ring (bicyclic) bond motifs is 1. The van der Waals surface area contributed by atoms with E-state index in [4.69, 9.17) is 14.9 Å². The van der Waals surface area contributed by atoms with Gasteiger partial charge in [0.2, 0.25) is 11.0 Å². The number of amides is 1. The lowest BCUT2D eigenvalue weighted by atomic mass is 10.0. The van der Waals surface area contributed by atoms with Gasteiger partial charge in [0.15, 0.2) is 18.7 Å². The second-order valence-corrected chi connectivity index (χ2v) is 7.99. The Morgan fingerprint density at radius 1 is 1.45 bits per heavy atom. The Kier molecular flexibility index (Phi) is 6.45. The van der Waals surface area contributed by atoms with Crippen LogP contribution in [-0.2, 0) is 23.9 Å². The molecule has 0 saturated carbocycles. The number of nitrogens with zero attached hydrogens (tertiary/aromatic N) is 1. The maximum absolute atomic E-state index is 12.6. The van der Waals surface area contributed by atoms with Crippen molar-refractivity contribution in [2.75, 3.05) is 25.2 Å². The molecular formula is C17H16N2O8S2.